The van der Waals surface area contributed by atoms with Crippen LogP contribution in [-0.4, -0.2) is 0 Å². The lowest BCUT2D eigenvalue weighted by atomic mass is 9.55. The second-order valence-corrected chi connectivity index (χ2v) is 6.15. The van der Waals surface area contributed by atoms with Gasteiger partial charge < -0.3 is 0 Å². The van der Waals surface area contributed by atoms with Gasteiger partial charge in [0.25, 0.3) is 0 Å². The second-order valence-electron chi connectivity index (χ2n) is 6.15. The van der Waals surface area contributed by atoms with E-state index >= 15 is 0 Å². The van der Waals surface area contributed by atoms with Crippen LogP contribution in [0.4, 0.5) is 0 Å². The predicted octanol–water partition coefficient (Wildman–Crippen LogP) is 5.13. The molecule has 1 unspecified atom stereocenters. The summed E-state index contributed by atoms with van der Waals surface area (Å²) in [6.45, 7) is 19.1. The Bertz CT molecular complexity index is 155. The largest absolute Gasteiger partial charge is 0.0648 e. The van der Waals surface area contributed by atoms with E-state index < -0.39 is 0 Å². The molecule has 0 radical (unpaired) electrons. The van der Waals surface area contributed by atoms with Gasteiger partial charge in [0.05, 0.1) is 0 Å². The third kappa shape index (κ3) is 2.32. The van der Waals surface area contributed by atoms with Gasteiger partial charge in [-0.1, -0.05) is 55.4 Å². The van der Waals surface area contributed by atoms with Crippen LogP contribution in [0.15, 0.2) is 0 Å². The van der Waals surface area contributed by atoms with Crippen molar-refractivity contribution < 1.29 is 0 Å². The molecule has 0 aromatic carbocycles. The summed E-state index contributed by atoms with van der Waals surface area (Å²) in [7, 11) is 0. The molecule has 0 N–H and O–H groups in total. The molecule has 86 valence electrons. The average Bonchev–Trinajstić information content (AvgIpc) is 2.04. The Labute approximate surface area is 91.5 Å². The van der Waals surface area contributed by atoms with Crippen LogP contribution in [0.25, 0.3) is 0 Å². The first-order chi connectivity index (χ1) is 6.23. The molecular weight excluding hydrogens is 168 g/mol. The first-order valence-corrected chi connectivity index (χ1v) is 6.23. The summed E-state index contributed by atoms with van der Waals surface area (Å²) < 4.78 is 0. The van der Waals surface area contributed by atoms with Gasteiger partial charge in [0.15, 0.2) is 0 Å². The molecule has 0 aromatic heterocycles. The third-order valence-electron chi connectivity index (χ3n) is 4.63. The van der Waals surface area contributed by atoms with Crippen molar-refractivity contribution in [2.45, 2.75) is 68.2 Å². The quantitative estimate of drug-likeness (QED) is 0.587. The van der Waals surface area contributed by atoms with Crippen LogP contribution in [0, 0.1) is 22.7 Å². The summed E-state index contributed by atoms with van der Waals surface area (Å²) in [6.07, 6.45) is 2.60. The Hall–Kier alpha value is 0. The van der Waals surface area contributed by atoms with E-state index in [-0.39, 0.29) is 0 Å². The lowest BCUT2D eigenvalue weighted by molar-refractivity contribution is -0.00807. The highest BCUT2D eigenvalue weighted by atomic mass is 14.5. The lowest BCUT2D eigenvalue weighted by Crippen LogP contribution is -2.42. The van der Waals surface area contributed by atoms with Gasteiger partial charge in [0.2, 0.25) is 0 Å². The number of hydrogen-bond donors (Lipinski definition) is 0. The van der Waals surface area contributed by atoms with E-state index in [1.807, 2.05) is 0 Å². The molecule has 0 fully saturated rings. The van der Waals surface area contributed by atoms with Crippen LogP contribution < -0.4 is 0 Å². The van der Waals surface area contributed by atoms with E-state index in [0.717, 1.165) is 11.8 Å². The van der Waals surface area contributed by atoms with Crippen molar-refractivity contribution in [2.75, 3.05) is 0 Å². The standard InChI is InChI=1S/C14H30/c1-9-14(10-2,13(6,7)8)12(5)11(3)4/h11-12H,9-10H2,1-8H3. The molecule has 0 aliphatic rings. The Kier molecular flexibility index (Phi) is 4.68. The normalized spacial score (nSPS) is 16.1. The van der Waals surface area contributed by atoms with Gasteiger partial charge in [0, 0.05) is 0 Å². The van der Waals surface area contributed by atoms with Gasteiger partial charge in [0.1, 0.15) is 0 Å². The zero-order chi connectivity index (χ0) is 11.6. The van der Waals surface area contributed by atoms with Gasteiger partial charge in [-0.3, -0.25) is 0 Å². The lowest BCUT2D eigenvalue weighted by Gasteiger charge is -2.50. The molecular formula is C14H30. The maximum Gasteiger partial charge on any atom is -0.0226 e. The van der Waals surface area contributed by atoms with Crippen molar-refractivity contribution in [3.05, 3.63) is 0 Å². The molecule has 0 bridgehead atoms. The average molecular weight is 198 g/mol. The fraction of sp³-hybridized carbons (Fsp3) is 1.00. The molecule has 0 amide bonds. The van der Waals surface area contributed by atoms with E-state index in [0.29, 0.717) is 10.8 Å². The summed E-state index contributed by atoms with van der Waals surface area (Å²) in [6, 6.07) is 0. The Morgan fingerprint density at radius 2 is 1.21 bits per heavy atom. The monoisotopic (exact) mass is 198 g/mol. The van der Waals surface area contributed by atoms with Crippen LogP contribution in [0.5, 0.6) is 0 Å². The highest BCUT2D eigenvalue weighted by molar-refractivity contribution is 4.93. The molecule has 0 aliphatic carbocycles. The molecule has 0 aromatic rings. The number of hydrogen-bond acceptors (Lipinski definition) is 0. The smallest absolute Gasteiger partial charge is 0.0226 e. The SMILES string of the molecule is CCC(CC)(C(C)C(C)C)C(C)(C)C. The molecule has 0 heterocycles. The van der Waals surface area contributed by atoms with E-state index in [4.69, 9.17) is 0 Å². The van der Waals surface area contributed by atoms with E-state index in [9.17, 15) is 0 Å². The molecule has 0 rings (SSSR count). The number of rotatable bonds is 4. The fourth-order valence-corrected chi connectivity index (χ4v) is 3.28. The van der Waals surface area contributed by atoms with Crippen molar-refractivity contribution >= 4 is 0 Å². The van der Waals surface area contributed by atoms with Crippen LogP contribution in [0.3, 0.4) is 0 Å². The maximum atomic E-state index is 2.43. The topological polar surface area (TPSA) is 0 Å². The predicted molar refractivity (Wildman–Crippen MR) is 66.5 cm³/mol. The molecule has 0 aliphatic heterocycles. The van der Waals surface area contributed by atoms with Gasteiger partial charge >= 0.3 is 0 Å². The van der Waals surface area contributed by atoms with Crippen LogP contribution in [0.2, 0.25) is 0 Å². The van der Waals surface area contributed by atoms with Crippen LogP contribution >= 0.6 is 0 Å². The van der Waals surface area contributed by atoms with Gasteiger partial charge in [-0.2, -0.15) is 0 Å². The summed E-state index contributed by atoms with van der Waals surface area (Å²) in [5.41, 5.74) is 0.918. The minimum atomic E-state index is 0.417. The molecule has 1 atom stereocenters. The highest BCUT2D eigenvalue weighted by Gasteiger charge is 2.43. The molecule has 0 spiro atoms. The molecule has 0 saturated heterocycles. The van der Waals surface area contributed by atoms with Crippen molar-refractivity contribution in [1.82, 2.24) is 0 Å². The van der Waals surface area contributed by atoms with Crippen molar-refractivity contribution in [1.29, 1.82) is 0 Å². The van der Waals surface area contributed by atoms with Crippen molar-refractivity contribution in [3.63, 3.8) is 0 Å². The van der Waals surface area contributed by atoms with E-state index in [1.165, 1.54) is 12.8 Å². The zero-order valence-electron chi connectivity index (χ0n) is 11.6. The van der Waals surface area contributed by atoms with Crippen LogP contribution in [0.1, 0.15) is 68.2 Å². The summed E-state index contributed by atoms with van der Waals surface area (Å²) in [5, 5.41) is 0. The third-order valence-corrected chi connectivity index (χ3v) is 4.63. The fourth-order valence-electron chi connectivity index (χ4n) is 3.28. The summed E-state index contributed by atoms with van der Waals surface area (Å²) in [4.78, 5) is 0. The minimum Gasteiger partial charge on any atom is -0.0648 e. The van der Waals surface area contributed by atoms with Crippen molar-refractivity contribution in [2.24, 2.45) is 22.7 Å². The highest BCUT2D eigenvalue weighted by Crippen LogP contribution is 2.52. The van der Waals surface area contributed by atoms with E-state index in [1.54, 1.807) is 0 Å². The Morgan fingerprint density at radius 3 is 1.29 bits per heavy atom. The van der Waals surface area contributed by atoms with E-state index in [2.05, 4.69) is 55.4 Å². The molecule has 0 heteroatoms. The maximum absolute atomic E-state index is 2.43. The zero-order valence-corrected chi connectivity index (χ0v) is 11.6. The Morgan fingerprint density at radius 1 is 0.857 bits per heavy atom. The summed E-state index contributed by atoms with van der Waals surface area (Å²) >= 11 is 0. The van der Waals surface area contributed by atoms with Crippen molar-refractivity contribution in [3.8, 4) is 0 Å². The first-order valence-electron chi connectivity index (χ1n) is 6.23. The van der Waals surface area contributed by atoms with Gasteiger partial charge in [-0.15, -0.1) is 0 Å². The van der Waals surface area contributed by atoms with Gasteiger partial charge in [-0.25, -0.2) is 0 Å². The minimum absolute atomic E-state index is 0.417. The summed E-state index contributed by atoms with van der Waals surface area (Å²) in [5.74, 6) is 1.59. The first kappa shape index (κ1) is 14.0. The molecule has 0 nitrogen and oxygen atoms in total. The molecule has 14 heavy (non-hydrogen) atoms. The van der Waals surface area contributed by atoms with Gasteiger partial charge in [-0.05, 0) is 35.5 Å². The second kappa shape index (κ2) is 4.68. The molecule has 0 saturated carbocycles. The van der Waals surface area contributed by atoms with Crippen LogP contribution in [-0.2, 0) is 0 Å². The Balaban J connectivity index is 5.08.